The minimum absolute atomic E-state index is 0.0371. The van der Waals surface area contributed by atoms with E-state index in [4.69, 9.17) is 9.84 Å². The molecule has 5 nitrogen and oxygen atoms in total. The number of rotatable bonds is 5. The van der Waals surface area contributed by atoms with E-state index in [1.165, 1.54) is 7.11 Å². The third-order valence-corrected chi connectivity index (χ3v) is 2.27. The lowest BCUT2D eigenvalue weighted by molar-refractivity contribution is -0.139. The van der Waals surface area contributed by atoms with Crippen LogP contribution in [0.2, 0.25) is 0 Å². The van der Waals surface area contributed by atoms with Gasteiger partial charge in [-0.3, -0.25) is 4.79 Å². The highest BCUT2D eigenvalue weighted by Crippen LogP contribution is 2.29. The molecule has 1 atom stereocenters. The van der Waals surface area contributed by atoms with E-state index in [9.17, 15) is 9.90 Å². The van der Waals surface area contributed by atoms with Gasteiger partial charge in [0.1, 0.15) is 6.04 Å². The Balaban J connectivity index is 2.71. The van der Waals surface area contributed by atoms with Crippen LogP contribution in [0.25, 0.3) is 0 Å². The van der Waals surface area contributed by atoms with E-state index in [1.54, 1.807) is 25.1 Å². The molecule has 0 aliphatic heterocycles. The quantitative estimate of drug-likeness (QED) is 0.695. The van der Waals surface area contributed by atoms with E-state index in [1.807, 2.05) is 0 Å². The number of aromatic hydroxyl groups is 1. The average molecular weight is 225 g/mol. The van der Waals surface area contributed by atoms with Crippen molar-refractivity contribution >= 4 is 5.97 Å². The Morgan fingerprint density at radius 2 is 2.25 bits per heavy atom. The fourth-order valence-corrected chi connectivity index (χ4v) is 1.23. The van der Waals surface area contributed by atoms with E-state index in [-0.39, 0.29) is 12.3 Å². The van der Waals surface area contributed by atoms with Crippen LogP contribution in [0.15, 0.2) is 18.2 Å². The Morgan fingerprint density at radius 1 is 1.56 bits per heavy atom. The first-order valence-corrected chi connectivity index (χ1v) is 4.87. The summed E-state index contributed by atoms with van der Waals surface area (Å²) in [4.78, 5) is 10.6. The zero-order chi connectivity index (χ0) is 12.1. The molecule has 5 heteroatoms. The summed E-state index contributed by atoms with van der Waals surface area (Å²) in [6.45, 7) is 1.82. The third-order valence-electron chi connectivity index (χ3n) is 2.27. The molecule has 3 N–H and O–H groups in total. The first kappa shape index (κ1) is 12.3. The summed E-state index contributed by atoms with van der Waals surface area (Å²) in [5.41, 5.74) is 0.604. The highest BCUT2D eigenvalue weighted by Gasteiger charge is 2.12. The number of methoxy groups -OCH3 is 1. The maximum absolute atomic E-state index is 10.6. The van der Waals surface area contributed by atoms with Crippen molar-refractivity contribution in [1.29, 1.82) is 0 Å². The van der Waals surface area contributed by atoms with Gasteiger partial charge in [0, 0.05) is 12.1 Å². The van der Waals surface area contributed by atoms with Crippen LogP contribution in [-0.2, 0) is 11.3 Å². The molecule has 0 aliphatic rings. The number of aliphatic carboxylic acids is 1. The number of ether oxygens (including phenoxy) is 1. The van der Waals surface area contributed by atoms with Crippen molar-refractivity contribution in [2.75, 3.05) is 7.11 Å². The van der Waals surface area contributed by atoms with Crippen LogP contribution in [0.3, 0.4) is 0 Å². The zero-order valence-corrected chi connectivity index (χ0v) is 9.23. The first-order valence-electron chi connectivity index (χ1n) is 4.87. The van der Waals surface area contributed by atoms with Crippen LogP contribution in [0.1, 0.15) is 12.5 Å². The summed E-state index contributed by atoms with van der Waals surface area (Å²) >= 11 is 0. The lowest BCUT2D eigenvalue weighted by atomic mass is 10.1. The minimum Gasteiger partial charge on any atom is -0.504 e. The van der Waals surface area contributed by atoms with Gasteiger partial charge in [-0.25, -0.2) is 0 Å². The predicted octanol–water partition coefficient (Wildman–Crippen LogP) is 0.963. The molecule has 88 valence electrons. The molecule has 0 saturated carbocycles. The van der Waals surface area contributed by atoms with Gasteiger partial charge in [0.15, 0.2) is 11.5 Å². The van der Waals surface area contributed by atoms with E-state index >= 15 is 0 Å². The van der Waals surface area contributed by atoms with Gasteiger partial charge < -0.3 is 20.3 Å². The molecule has 0 aromatic heterocycles. The van der Waals surface area contributed by atoms with Crippen molar-refractivity contribution < 1.29 is 19.7 Å². The molecule has 0 heterocycles. The largest absolute Gasteiger partial charge is 0.504 e. The summed E-state index contributed by atoms with van der Waals surface area (Å²) in [7, 11) is 1.46. The highest BCUT2D eigenvalue weighted by molar-refractivity contribution is 5.72. The van der Waals surface area contributed by atoms with Crippen molar-refractivity contribution in [3.63, 3.8) is 0 Å². The van der Waals surface area contributed by atoms with Crippen LogP contribution >= 0.6 is 0 Å². The second kappa shape index (κ2) is 5.37. The summed E-state index contributed by atoms with van der Waals surface area (Å²) < 4.78 is 4.95. The molecular weight excluding hydrogens is 210 g/mol. The molecule has 0 aliphatic carbocycles. The van der Waals surface area contributed by atoms with Gasteiger partial charge in [-0.2, -0.15) is 0 Å². The zero-order valence-electron chi connectivity index (χ0n) is 9.23. The summed E-state index contributed by atoms with van der Waals surface area (Å²) in [6, 6.07) is 4.42. The number of phenolic OH excluding ortho intramolecular Hbond substituents is 1. The summed E-state index contributed by atoms with van der Waals surface area (Å²) in [6.07, 6.45) is 0. The van der Waals surface area contributed by atoms with Crippen LogP contribution in [-0.4, -0.2) is 29.3 Å². The first-order chi connectivity index (χ1) is 7.56. The van der Waals surface area contributed by atoms with Gasteiger partial charge in [-0.1, -0.05) is 12.1 Å². The van der Waals surface area contributed by atoms with Crippen molar-refractivity contribution in [3.8, 4) is 11.5 Å². The summed E-state index contributed by atoms with van der Waals surface area (Å²) in [5, 5.41) is 21.2. The van der Waals surface area contributed by atoms with Crippen molar-refractivity contribution in [3.05, 3.63) is 23.8 Å². The molecule has 0 saturated heterocycles. The molecule has 1 unspecified atom stereocenters. The second-order valence-electron chi connectivity index (χ2n) is 3.41. The van der Waals surface area contributed by atoms with E-state index in [0.29, 0.717) is 11.3 Å². The standard InChI is InChI=1S/C11H15NO4/c1-7(11(14)15)12-6-8-4-3-5-9(16-2)10(8)13/h3-5,7,12-13H,6H2,1-2H3,(H,14,15). The molecular formula is C11H15NO4. The molecule has 0 bridgehead atoms. The Morgan fingerprint density at radius 3 is 2.81 bits per heavy atom. The average Bonchev–Trinajstić information content (AvgIpc) is 2.27. The van der Waals surface area contributed by atoms with Gasteiger partial charge in [-0.05, 0) is 13.0 Å². The number of benzene rings is 1. The molecule has 1 aromatic carbocycles. The van der Waals surface area contributed by atoms with Crippen molar-refractivity contribution in [1.82, 2.24) is 5.32 Å². The van der Waals surface area contributed by atoms with Crippen molar-refractivity contribution in [2.24, 2.45) is 0 Å². The fraction of sp³-hybridized carbons (Fsp3) is 0.364. The fourth-order valence-electron chi connectivity index (χ4n) is 1.23. The van der Waals surface area contributed by atoms with Crippen LogP contribution < -0.4 is 10.1 Å². The lowest BCUT2D eigenvalue weighted by Gasteiger charge is -2.11. The topological polar surface area (TPSA) is 78.8 Å². The Labute approximate surface area is 93.7 Å². The van der Waals surface area contributed by atoms with E-state index < -0.39 is 12.0 Å². The molecule has 1 aromatic rings. The third kappa shape index (κ3) is 2.87. The van der Waals surface area contributed by atoms with Gasteiger partial charge in [0.25, 0.3) is 0 Å². The molecule has 0 amide bonds. The van der Waals surface area contributed by atoms with E-state index in [2.05, 4.69) is 5.32 Å². The number of carbonyl (C=O) groups is 1. The van der Waals surface area contributed by atoms with Gasteiger partial charge in [0.05, 0.1) is 7.11 Å². The normalized spacial score (nSPS) is 12.1. The SMILES string of the molecule is COc1cccc(CNC(C)C(=O)O)c1O. The number of carboxylic acids is 1. The van der Waals surface area contributed by atoms with Crippen LogP contribution in [0.5, 0.6) is 11.5 Å². The molecule has 0 radical (unpaired) electrons. The maximum Gasteiger partial charge on any atom is 0.320 e. The number of para-hydroxylation sites is 1. The van der Waals surface area contributed by atoms with Gasteiger partial charge in [0.2, 0.25) is 0 Å². The minimum atomic E-state index is -0.928. The van der Waals surface area contributed by atoms with Crippen LogP contribution in [0.4, 0.5) is 0 Å². The van der Waals surface area contributed by atoms with Gasteiger partial charge >= 0.3 is 5.97 Å². The molecule has 1 rings (SSSR count). The predicted molar refractivity (Wildman–Crippen MR) is 58.6 cm³/mol. The Kier molecular flexibility index (Phi) is 4.13. The maximum atomic E-state index is 10.6. The lowest BCUT2D eigenvalue weighted by Crippen LogP contribution is -2.33. The number of nitrogens with one attached hydrogen (secondary N) is 1. The van der Waals surface area contributed by atoms with E-state index in [0.717, 1.165) is 0 Å². The molecule has 16 heavy (non-hydrogen) atoms. The summed E-state index contributed by atoms with van der Waals surface area (Å²) in [5.74, 6) is -0.514. The number of carboxylic acid groups (broad SMARTS) is 1. The smallest absolute Gasteiger partial charge is 0.320 e. The Hall–Kier alpha value is -1.75. The monoisotopic (exact) mass is 225 g/mol. The number of hydrogen-bond donors (Lipinski definition) is 3. The van der Waals surface area contributed by atoms with Crippen molar-refractivity contribution in [2.45, 2.75) is 19.5 Å². The molecule has 0 fully saturated rings. The van der Waals surface area contributed by atoms with Gasteiger partial charge in [-0.15, -0.1) is 0 Å². The molecule has 0 spiro atoms. The highest BCUT2D eigenvalue weighted by atomic mass is 16.5. The second-order valence-corrected chi connectivity index (χ2v) is 3.41. The number of hydrogen-bond acceptors (Lipinski definition) is 4. The number of phenols is 1. The van der Waals surface area contributed by atoms with Crippen LogP contribution in [0, 0.1) is 0 Å². The Bertz CT molecular complexity index is 378.